The van der Waals surface area contributed by atoms with Crippen LogP contribution in [0.3, 0.4) is 0 Å². The number of hydrogen-bond acceptors (Lipinski definition) is 8. The molecule has 0 aromatic heterocycles. The summed E-state index contributed by atoms with van der Waals surface area (Å²) in [6.45, 7) is 7.01. The Morgan fingerprint density at radius 3 is 2.50 bits per heavy atom. The maximum Gasteiger partial charge on any atom is 0.411 e. The number of carboxylic acid groups (broad SMARTS) is 1. The Hall–Kier alpha value is -3.56. The van der Waals surface area contributed by atoms with E-state index in [-0.39, 0.29) is 24.4 Å². The summed E-state index contributed by atoms with van der Waals surface area (Å²) in [6.07, 6.45) is 4.31. The molecule has 4 saturated heterocycles. The number of ether oxygens (including phenoxy) is 3. The lowest BCUT2D eigenvalue weighted by Crippen LogP contribution is -2.65. The van der Waals surface area contributed by atoms with E-state index < -0.39 is 34.8 Å². The average molecular weight is 661 g/mol. The number of fused-ring (bicyclic) bond motifs is 5. The summed E-state index contributed by atoms with van der Waals surface area (Å²) in [6, 6.07) is 12.7. The van der Waals surface area contributed by atoms with Crippen LogP contribution in [0.15, 0.2) is 36.4 Å². The second-order valence-corrected chi connectivity index (χ2v) is 15.1. The number of aliphatic carboxylic acids is 1. The van der Waals surface area contributed by atoms with Gasteiger partial charge in [-0.05, 0) is 98.2 Å². The predicted molar refractivity (Wildman–Crippen MR) is 174 cm³/mol. The van der Waals surface area contributed by atoms with Crippen molar-refractivity contribution >= 4 is 12.1 Å². The first-order chi connectivity index (χ1) is 22.9. The van der Waals surface area contributed by atoms with Crippen LogP contribution in [-0.4, -0.2) is 82.5 Å². The van der Waals surface area contributed by atoms with Crippen LogP contribution >= 0.6 is 0 Å². The molecule has 48 heavy (non-hydrogen) atoms. The molecule has 11 heteroatoms. The molecule has 2 bridgehead atoms. The number of likely N-dealkylation sites (tertiary alicyclic amines) is 1. The highest BCUT2D eigenvalue weighted by molar-refractivity contribution is 5.85. The number of carbonyl (C=O) groups excluding carboxylic acids is 1. The minimum Gasteiger partial charge on any atom is -0.479 e. The van der Waals surface area contributed by atoms with Gasteiger partial charge in [0.1, 0.15) is 17.0 Å². The smallest absolute Gasteiger partial charge is 0.411 e. The Bertz CT molecular complexity index is 1620. The van der Waals surface area contributed by atoms with Crippen LogP contribution in [0.5, 0.6) is 0 Å². The molecule has 0 radical (unpaired) electrons. The minimum absolute atomic E-state index is 0.1000. The van der Waals surface area contributed by atoms with Crippen molar-refractivity contribution in [3.63, 3.8) is 0 Å². The number of benzene rings is 2. The zero-order chi connectivity index (χ0) is 33.8. The molecule has 2 aromatic carbocycles. The Balaban J connectivity index is 0.976. The zero-order valence-electron chi connectivity index (χ0n) is 27.8. The van der Waals surface area contributed by atoms with E-state index in [0.29, 0.717) is 50.5 Å². The van der Waals surface area contributed by atoms with Gasteiger partial charge in [-0.25, -0.2) is 14.0 Å². The summed E-state index contributed by atoms with van der Waals surface area (Å²) in [5, 5.41) is 19.0. The highest BCUT2D eigenvalue weighted by Crippen LogP contribution is 2.47. The van der Waals surface area contributed by atoms with Gasteiger partial charge in [-0.2, -0.15) is 5.26 Å². The van der Waals surface area contributed by atoms with E-state index in [1.54, 1.807) is 6.07 Å². The molecule has 3 N–H and O–H groups in total. The number of piperidine rings is 3. The monoisotopic (exact) mass is 660 g/mol. The topological polar surface area (TPSA) is 138 Å². The van der Waals surface area contributed by atoms with Gasteiger partial charge in [0, 0.05) is 32.5 Å². The van der Waals surface area contributed by atoms with Crippen molar-refractivity contribution in [3.8, 4) is 17.2 Å². The minimum atomic E-state index is -1.16. The van der Waals surface area contributed by atoms with Gasteiger partial charge in [-0.15, -0.1) is 0 Å². The van der Waals surface area contributed by atoms with Crippen LogP contribution in [0.1, 0.15) is 75.5 Å². The van der Waals surface area contributed by atoms with Crippen molar-refractivity contribution in [3.05, 3.63) is 58.9 Å². The van der Waals surface area contributed by atoms with Gasteiger partial charge in [0.05, 0.1) is 43.1 Å². The summed E-state index contributed by atoms with van der Waals surface area (Å²) in [5.74, 6) is -0.968. The molecule has 2 unspecified atom stereocenters. The fourth-order valence-corrected chi connectivity index (χ4v) is 8.70. The van der Waals surface area contributed by atoms with Gasteiger partial charge in [-0.1, -0.05) is 24.3 Å². The second kappa shape index (κ2) is 12.4. The van der Waals surface area contributed by atoms with E-state index in [0.717, 1.165) is 61.0 Å². The van der Waals surface area contributed by atoms with Crippen molar-refractivity contribution in [1.82, 2.24) is 9.80 Å². The fourth-order valence-electron chi connectivity index (χ4n) is 8.70. The Kier molecular flexibility index (Phi) is 8.51. The van der Waals surface area contributed by atoms with Gasteiger partial charge >= 0.3 is 12.1 Å². The lowest BCUT2D eigenvalue weighted by molar-refractivity contribution is -0.178. The second-order valence-electron chi connectivity index (χ2n) is 15.1. The summed E-state index contributed by atoms with van der Waals surface area (Å²) in [4.78, 5) is 29.5. The van der Waals surface area contributed by atoms with Gasteiger partial charge < -0.3 is 25.1 Å². The van der Waals surface area contributed by atoms with Crippen LogP contribution in [0.2, 0.25) is 0 Å². The average Bonchev–Trinajstić information content (AvgIpc) is 3.42. The van der Waals surface area contributed by atoms with E-state index >= 15 is 0 Å². The van der Waals surface area contributed by atoms with E-state index in [2.05, 4.69) is 17.0 Å². The van der Waals surface area contributed by atoms with Crippen molar-refractivity contribution in [2.75, 3.05) is 26.2 Å². The molecular formula is C37H45FN4O6. The zero-order valence-corrected chi connectivity index (χ0v) is 27.8. The highest BCUT2D eigenvalue weighted by atomic mass is 19.1. The standard InChI is InChI=1S/C37H45FN4O6/c1-35(2,48-34(45)42-20-23-7-9-36(42,10-8-23)33(43)44)18-32-31(22-46-32)41-13-11-37(12-14-41)29-16-24(4-6-27(29)21-47-37)25-3-5-26(30(38)17-25)15-28(40)19-39/h3-6,16-17,23,28,31-32H,7-15,18,20-22,40H2,1-2H3,(H,43,44)/t23?,28-,31?,32?,36?/m0/s1. The molecule has 5 heterocycles. The van der Waals surface area contributed by atoms with Gasteiger partial charge in [0.2, 0.25) is 0 Å². The molecule has 5 aliphatic heterocycles. The van der Waals surface area contributed by atoms with Crippen LogP contribution in [-0.2, 0) is 37.6 Å². The molecule has 1 aliphatic carbocycles. The number of hydrogen-bond donors (Lipinski definition) is 2. The van der Waals surface area contributed by atoms with Gasteiger partial charge in [0.25, 0.3) is 0 Å². The molecule has 1 spiro atoms. The number of carbonyl (C=O) groups is 2. The third kappa shape index (κ3) is 5.87. The van der Waals surface area contributed by atoms with Gasteiger partial charge in [0.15, 0.2) is 0 Å². The van der Waals surface area contributed by atoms with Crippen LogP contribution in [0, 0.1) is 23.1 Å². The summed E-state index contributed by atoms with van der Waals surface area (Å²) in [5.41, 5.74) is 7.78. The lowest BCUT2D eigenvalue weighted by Gasteiger charge is -2.52. The number of nitrogens with zero attached hydrogens (tertiary/aromatic N) is 3. The van der Waals surface area contributed by atoms with E-state index in [1.807, 2.05) is 32.0 Å². The molecule has 1 amide bonds. The number of amides is 1. The number of rotatable bonds is 8. The summed E-state index contributed by atoms with van der Waals surface area (Å²) < 4.78 is 33.4. The van der Waals surface area contributed by atoms with E-state index in [9.17, 15) is 19.1 Å². The normalized spacial score (nSPS) is 28.4. The SMILES string of the molecule is CC(C)(CC1OCC1N1CCC2(CC1)OCc1ccc(-c3ccc(C[C@H](N)C#N)c(F)c3)cc12)OC(=O)N1CC2CCC1(C(=O)O)CC2. The molecule has 1 saturated carbocycles. The molecule has 2 aromatic rings. The van der Waals surface area contributed by atoms with Crippen LogP contribution in [0.25, 0.3) is 11.1 Å². The molecule has 8 rings (SSSR count). The van der Waals surface area contributed by atoms with Gasteiger partial charge in [-0.3, -0.25) is 9.80 Å². The Morgan fingerprint density at radius 1 is 1.15 bits per heavy atom. The molecule has 3 atom stereocenters. The fraction of sp³-hybridized carbons (Fsp3) is 0.595. The molecule has 256 valence electrons. The lowest BCUT2D eigenvalue weighted by atomic mass is 9.70. The molecule has 10 nitrogen and oxygen atoms in total. The maximum absolute atomic E-state index is 14.9. The maximum atomic E-state index is 14.9. The Labute approximate surface area is 280 Å². The molecular weight excluding hydrogens is 615 g/mol. The first-order valence-corrected chi connectivity index (χ1v) is 17.2. The Morgan fingerprint density at radius 2 is 1.85 bits per heavy atom. The van der Waals surface area contributed by atoms with E-state index in [4.69, 9.17) is 25.2 Å². The number of nitrogens with two attached hydrogens (primary N) is 1. The third-order valence-electron chi connectivity index (χ3n) is 11.6. The molecule has 5 fully saturated rings. The largest absolute Gasteiger partial charge is 0.479 e. The van der Waals surface area contributed by atoms with Crippen LogP contribution in [0.4, 0.5) is 9.18 Å². The van der Waals surface area contributed by atoms with E-state index in [1.165, 1.54) is 11.0 Å². The van der Waals surface area contributed by atoms with Crippen molar-refractivity contribution in [2.45, 2.75) is 107 Å². The quantitative estimate of drug-likeness (QED) is 0.396. The third-order valence-corrected chi connectivity index (χ3v) is 11.6. The van der Waals surface area contributed by atoms with Crippen molar-refractivity contribution in [2.24, 2.45) is 11.7 Å². The summed E-state index contributed by atoms with van der Waals surface area (Å²) >= 11 is 0. The number of carboxylic acids is 1. The summed E-state index contributed by atoms with van der Waals surface area (Å²) in [7, 11) is 0. The van der Waals surface area contributed by atoms with Crippen molar-refractivity contribution in [1.29, 1.82) is 5.26 Å². The number of nitriles is 1. The first kappa shape index (κ1) is 33.0. The molecule has 6 aliphatic rings. The number of halogens is 1. The first-order valence-electron chi connectivity index (χ1n) is 17.2. The highest BCUT2D eigenvalue weighted by Gasteiger charge is 2.55. The predicted octanol–water partition coefficient (Wildman–Crippen LogP) is 5.11. The van der Waals surface area contributed by atoms with Crippen molar-refractivity contribution < 1.29 is 33.3 Å². The van der Waals surface area contributed by atoms with Crippen LogP contribution < -0.4 is 5.73 Å².